The molecule has 1 heterocycles. The Labute approximate surface area is 134 Å². The van der Waals surface area contributed by atoms with E-state index in [1.165, 1.54) is 43.5 Å². The van der Waals surface area contributed by atoms with Gasteiger partial charge in [0.25, 0.3) is 0 Å². The number of hydrogen-bond donors (Lipinski definition) is 1. The van der Waals surface area contributed by atoms with Crippen molar-refractivity contribution in [3.63, 3.8) is 0 Å². The van der Waals surface area contributed by atoms with Gasteiger partial charge < -0.3 is 5.11 Å². The molecule has 3 rings (SSSR count). The van der Waals surface area contributed by atoms with Crippen LogP contribution in [0.3, 0.4) is 0 Å². The number of fused-ring (bicyclic) bond motifs is 4. The van der Waals surface area contributed by atoms with Gasteiger partial charge in [0.05, 0.1) is 0 Å². The first kappa shape index (κ1) is 15.6. The molecular formula is C20H29NO. The molecule has 1 fully saturated rings. The minimum atomic E-state index is 0.217. The smallest absolute Gasteiger partial charge is 0.115 e. The van der Waals surface area contributed by atoms with E-state index in [-0.39, 0.29) is 5.41 Å². The summed E-state index contributed by atoms with van der Waals surface area (Å²) in [6.45, 7) is 11.0. The average molecular weight is 299 g/mol. The summed E-state index contributed by atoms with van der Waals surface area (Å²) >= 11 is 0. The maximum Gasteiger partial charge on any atom is 0.115 e. The van der Waals surface area contributed by atoms with Crippen LogP contribution >= 0.6 is 0 Å². The van der Waals surface area contributed by atoms with Crippen LogP contribution in [0.4, 0.5) is 0 Å². The van der Waals surface area contributed by atoms with Gasteiger partial charge in [0, 0.05) is 6.04 Å². The molecule has 2 bridgehead atoms. The number of allylic oxidation sites excluding steroid dienone is 1. The van der Waals surface area contributed by atoms with Crippen LogP contribution in [-0.2, 0) is 11.8 Å². The van der Waals surface area contributed by atoms with Gasteiger partial charge in [-0.3, -0.25) is 4.90 Å². The molecule has 2 aliphatic rings. The summed E-state index contributed by atoms with van der Waals surface area (Å²) in [5, 5.41) is 9.89. The number of unbranched alkanes of at least 4 members (excludes halogenated alkanes) is 2. The summed E-state index contributed by atoms with van der Waals surface area (Å²) in [4.78, 5) is 2.71. The summed E-state index contributed by atoms with van der Waals surface area (Å²) in [5.74, 6) is 1.06. The van der Waals surface area contributed by atoms with Crippen LogP contribution < -0.4 is 0 Å². The second-order valence-corrected chi connectivity index (χ2v) is 7.39. The van der Waals surface area contributed by atoms with E-state index in [0.717, 1.165) is 12.8 Å². The second kappa shape index (κ2) is 6.08. The first-order valence-electron chi connectivity index (χ1n) is 8.73. The number of benzene rings is 1. The third-order valence-electron chi connectivity index (χ3n) is 6.21. The van der Waals surface area contributed by atoms with E-state index in [2.05, 4.69) is 31.4 Å². The number of phenols is 1. The molecule has 1 aromatic rings. The van der Waals surface area contributed by atoms with Crippen molar-refractivity contribution in [2.24, 2.45) is 5.92 Å². The number of nitrogens with zero attached hydrogens (tertiary/aromatic N) is 1. The maximum atomic E-state index is 9.89. The van der Waals surface area contributed by atoms with Crippen molar-refractivity contribution >= 4 is 0 Å². The Balaban J connectivity index is 1.80. The Kier molecular flexibility index (Phi) is 4.31. The Hall–Kier alpha value is -1.28. The molecule has 3 atom stereocenters. The van der Waals surface area contributed by atoms with Gasteiger partial charge in [-0.15, -0.1) is 6.58 Å². The highest BCUT2D eigenvalue weighted by atomic mass is 16.3. The molecule has 0 spiro atoms. The monoisotopic (exact) mass is 299 g/mol. The van der Waals surface area contributed by atoms with Gasteiger partial charge in [-0.25, -0.2) is 0 Å². The van der Waals surface area contributed by atoms with Crippen LogP contribution in [0.2, 0.25) is 0 Å². The van der Waals surface area contributed by atoms with Gasteiger partial charge in [-0.05, 0) is 79.8 Å². The number of hydrogen-bond acceptors (Lipinski definition) is 2. The summed E-state index contributed by atoms with van der Waals surface area (Å²) in [6, 6.07) is 6.66. The third kappa shape index (κ3) is 2.58. The minimum Gasteiger partial charge on any atom is -0.508 e. The van der Waals surface area contributed by atoms with E-state index in [4.69, 9.17) is 0 Å². The molecule has 2 nitrogen and oxygen atoms in total. The van der Waals surface area contributed by atoms with Gasteiger partial charge in [-0.1, -0.05) is 26.0 Å². The molecule has 0 unspecified atom stereocenters. The Bertz CT molecular complexity index is 553. The van der Waals surface area contributed by atoms with Crippen molar-refractivity contribution in [3.8, 4) is 5.75 Å². The standard InChI is InChI=1S/C20H29NO/c1-4-5-6-7-11-21-12-10-20(3)15(2)19(21)13-16-8-9-17(22)14-18(16)20/h4,8-9,14-15,19,22H,1,5-7,10-13H2,2-3H3/t15-,19+,20+/m1/s1. The lowest BCUT2D eigenvalue weighted by atomic mass is 9.59. The zero-order chi connectivity index (χ0) is 15.7. The fourth-order valence-electron chi connectivity index (χ4n) is 4.58. The Morgan fingerprint density at radius 2 is 2.23 bits per heavy atom. The Morgan fingerprint density at radius 1 is 1.41 bits per heavy atom. The predicted molar refractivity (Wildman–Crippen MR) is 92.4 cm³/mol. The summed E-state index contributed by atoms with van der Waals surface area (Å²) in [5.41, 5.74) is 3.05. The van der Waals surface area contributed by atoms with Gasteiger partial charge in [0.15, 0.2) is 0 Å². The van der Waals surface area contributed by atoms with Gasteiger partial charge >= 0.3 is 0 Å². The molecule has 1 saturated heterocycles. The lowest BCUT2D eigenvalue weighted by molar-refractivity contribution is 0.0304. The number of rotatable bonds is 5. The lowest BCUT2D eigenvalue weighted by Crippen LogP contribution is -2.58. The number of aromatic hydroxyl groups is 1. The van der Waals surface area contributed by atoms with E-state index < -0.39 is 0 Å². The molecule has 1 aromatic carbocycles. The van der Waals surface area contributed by atoms with Crippen molar-refractivity contribution < 1.29 is 5.11 Å². The van der Waals surface area contributed by atoms with Crippen LogP contribution in [0.5, 0.6) is 5.75 Å². The summed E-state index contributed by atoms with van der Waals surface area (Å²) in [7, 11) is 0. The number of piperidine rings is 1. The van der Waals surface area contributed by atoms with Crippen molar-refractivity contribution in [1.82, 2.24) is 4.90 Å². The minimum absolute atomic E-state index is 0.217. The number of likely N-dealkylation sites (tertiary alicyclic amines) is 1. The first-order valence-corrected chi connectivity index (χ1v) is 8.73. The first-order chi connectivity index (χ1) is 10.6. The highest BCUT2D eigenvalue weighted by molar-refractivity contribution is 5.44. The van der Waals surface area contributed by atoms with Crippen LogP contribution in [0.25, 0.3) is 0 Å². The van der Waals surface area contributed by atoms with Crippen molar-refractivity contribution in [2.75, 3.05) is 13.1 Å². The fraction of sp³-hybridized carbons (Fsp3) is 0.600. The molecule has 1 aliphatic heterocycles. The predicted octanol–water partition coefficient (Wildman–Crippen LogP) is 4.27. The lowest BCUT2D eigenvalue weighted by Gasteiger charge is -2.54. The van der Waals surface area contributed by atoms with Crippen LogP contribution in [0.1, 0.15) is 50.7 Å². The highest BCUT2D eigenvalue weighted by Gasteiger charge is 2.48. The second-order valence-electron chi connectivity index (χ2n) is 7.39. The summed E-state index contributed by atoms with van der Waals surface area (Å²) < 4.78 is 0. The van der Waals surface area contributed by atoms with Gasteiger partial charge in [-0.2, -0.15) is 0 Å². The summed E-state index contributed by atoms with van der Waals surface area (Å²) in [6.07, 6.45) is 8.01. The SMILES string of the molecule is C=CCCCCN1CC[C@]2(C)c3cc(O)ccc3C[C@H]1[C@H]2C. The van der Waals surface area contributed by atoms with E-state index >= 15 is 0 Å². The zero-order valence-electron chi connectivity index (χ0n) is 14.0. The van der Waals surface area contributed by atoms with Crippen molar-refractivity contribution in [2.45, 2.75) is 57.4 Å². The molecule has 0 aromatic heterocycles. The van der Waals surface area contributed by atoms with Crippen LogP contribution in [0.15, 0.2) is 30.9 Å². The normalized spacial score (nSPS) is 30.8. The Morgan fingerprint density at radius 3 is 3.00 bits per heavy atom. The molecule has 1 N–H and O–H groups in total. The van der Waals surface area contributed by atoms with E-state index in [1.54, 1.807) is 0 Å². The molecule has 0 amide bonds. The molecular weight excluding hydrogens is 270 g/mol. The largest absolute Gasteiger partial charge is 0.508 e. The van der Waals surface area contributed by atoms with Gasteiger partial charge in [0.2, 0.25) is 0 Å². The van der Waals surface area contributed by atoms with Crippen LogP contribution in [0, 0.1) is 5.92 Å². The molecule has 0 radical (unpaired) electrons. The molecule has 22 heavy (non-hydrogen) atoms. The molecule has 120 valence electrons. The average Bonchev–Trinajstić information content (AvgIpc) is 2.50. The van der Waals surface area contributed by atoms with E-state index in [0.29, 0.717) is 17.7 Å². The third-order valence-corrected chi connectivity index (χ3v) is 6.21. The molecule has 1 aliphatic carbocycles. The zero-order valence-corrected chi connectivity index (χ0v) is 14.0. The fourth-order valence-corrected chi connectivity index (χ4v) is 4.58. The topological polar surface area (TPSA) is 23.5 Å². The highest BCUT2D eigenvalue weighted by Crippen LogP contribution is 2.49. The van der Waals surface area contributed by atoms with Crippen molar-refractivity contribution in [1.29, 1.82) is 0 Å². The van der Waals surface area contributed by atoms with Crippen molar-refractivity contribution in [3.05, 3.63) is 42.0 Å². The molecule has 0 saturated carbocycles. The maximum absolute atomic E-state index is 9.89. The van der Waals surface area contributed by atoms with E-state index in [9.17, 15) is 5.11 Å². The quantitative estimate of drug-likeness (QED) is 0.648. The van der Waals surface area contributed by atoms with Gasteiger partial charge in [0.1, 0.15) is 5.75 Å². The molecule has 2 heteroatoms. The number of phenolic OH excluding ortho intramolecular Hbond substituents is 1. The van der Waals surface area contributed by atoms with Crippen LogP contribution in [-0.4, -0.2) is 29.1 Å². The van der Waals surface area contributed by atoms with E-state index in [1.807, 2.05) is 18.2 Å².